The molecule has 0 heterocycles. The van der Waals surface area contributed by atoms with Gasteiger partial charge in [-0.2, -0.15) is 10.2 Å². The molecule has 0 amide bonds. The second-order valence-corrected chi connectivity index (χ2v) is 14.0. The summed E-state index contributed by atoms with van der Waals surface area (Å²) in [6.07, 6.45) is 0. The molecule has 0 saturated heterocycles. The van der Waals surface area contributed by atoms with Crippen LogP contribution in [-0.2, 0) is 20.2 Å². The summed E-state index contributed by atoms with van der Waals surface area (Å²) in [6, 6.07) is 21.6. The molecule has 0 atom stereocenters. The van der Waals surface area contributed by atoms with E-state index in [2.05, 4.69) is 20.5 Å². The van der Waals surface area contributed by atoms with E-state index in [0.29, 0.717) is 33.3 Å². The van der Waals surface area contributed by atoms with Crippen LogP contribution in [0.2, 0.25) is 0 Å². The zero-order valence-electron chi connectivity index (χ0n) is 28.4. The Labute approximate surface area is 341 Å². The van der Waals surface area contributed by atoms with Crippen LogP contribution in [0.15, 0.2) is 127 Å². The Morgan fingerprint density at radius 3 is 1.22 bits per heavy atom. The van der Waals surface area contributed by atoms with Gasteiger partial charge in [0.25, 0.3) is 11.4 Å². The Bertz CT molecular complexity index is 2610. The van der Waals surface area contributed by atoms with Gasteiger partial charge >= 0.3 is 37.7 Å². The number of fused-ring (bicyclic) bond motifs is 2. The third-order valence-corrected chi connectivity index (χ3v) is 9.51. The second kappa shape index (κ2) is 16.9. The van der Waals surface area contributed by atoms with Crippen LogP contribution in [0, 0.1) is 34.1 Å². The minimum absolute atomic E-state index is 0. The first-order valence-corrected chi connectivity index (χ1v) is 17.9. The summed E-state index contributed by atoms with van der Waals surface area (Å²) in [4.78, 5) is 19.5. The van der Waals surface area contributed by atoms with Gasteiger partial charge in [-0.3, -0.25) is 20.2 Å². The van der Waals surface area contributed by atoms with Gasteiger partial charge in [-0.1, -0.05) is 36.4 Å². The van der Waals surface area contributed by atoms with Crippen LogP contribution in [0.25, 0.3) is 21.5 Å². The molecule has 276 valence electrons. The van der Waals surface area contributed by atoms with Crippen LogP contribution >= 0.6 is 0 Å². The third kappa shape index (κ3) is 9.61. The number of azo groups is 2. The van der Waals surface area contributed by atoms with Gasteiger partial charge in [-0.15, -0.1) is 10.2 Å². The van der Waals surface area contributed by atoms with Crippen LogP contribution in [0.5, 0.6) is 11.5 Å². The number of benzene rings is 6. The largest absolute Gasteiger partial charge is 2.00 e. The minimum atomic E-state index is -4.81. The number of non-ortho nitro benzene ring substituents is 2. The zero-order valence-corrected chi connectivity index (χ0v) is 32.3. The summed E-state index contributed by atoms with van der Waals surface area (Å²) in [7, 11) is -9.63. The number of nitrogens with zero attached hydrogens (tertiary/aromatic N) is 6. The molecule has 6 rings (SSSR count). The number of rotatable bonds is 8. The van der Waals surface area contributed by atoms with Crippen molar-refractivity contribution in [3.8, 4) is 11.5 Å². The molecule has 0 radical (unpaired) electrons. The number of aromatic hydroxyl groups is 2. The first-order chi connectivity index (χ1) is 25.4. The summed E-state index contributed by atoms with van der Waals surface area (Å²) >= 11 is 0. The van der Waals surface area contributed by atoms with Crippen LogP contribution in [0.3, 0.4) is 0 Å². The predicted molar refractivity (Wildman–Crippen MR) is 197 cm³/mol. The first kappa shape index (κ1) is 42.3. The Hall–Kier alpha value is -5.48. The summed E-state index contributed by atoms with van der Waals surface area (Å²) in [5.74, 6) is -0.719. The predicted octanol–water partition coefficient (Wildman–Crippen LogP) is 7.78. The van der Waals surface area contributed by atoms with Crippen molar-refractivity contribution in [2.75, 3.05) is 0 Å². The zero-order chi connectivity index (χ0) is 39.5. The maximum absolute atomic E-state index is 11.6. The van der Waals surface area contributed by atoms with E-state index in [4.69, 9.17) is 0 Å². The molecule has 55 heavy (non-hydrogen) atoms. The SMILES string of the molecule is Cc1cc([N+](=O)[O-])ccc1N=Nc1c(O)ccc2cccc(S(=O)(=O)[O-])c12.Cc1cc([N+](=O)[O-])ccc1N=Nc1c(O)ccc2cccc(S(=O)(=O)[O-])c12.[Ca+2]. The summed E-state index contributed by atoms with van der Waals surface area (Å²) in [5.41, 5.74) is 0.923. The summed E-state index contributed by atoms with van der Waals surface area (Å²) < 4.78 is 69.4. The topological polar surface area (TPSA) is 291 Å². The van der Waals surface area contributed by atoms with Crippen molar-refractivity contribution in [3.05, 3.63) is 128 Å². The Kier molecular flexibility index (Phi) is 13.0. The van der Waals surface area contributed by atoms with Gasteiger partial charge in [0.05, 0.1) is 31.0 Å². The van der Waals surface area contributed by atoms with Gasteiger partial charge in [-0.25, -0.2) is 16.8 Å². The Balaban J connectivity index is 0.000000240. The molecule has 0 bridgehead atoms. The number of hydrogen-bond acceptors (Lipinski definition) is 16. The van der Waals surface area contributed by atoms with Crippen molar-refractivity contribution in [1.82, 2.24) is 0 Å². The summed E-state index contributed by atoms with van der Waals surface area (Å²) in [5, 5.41) is 58.3. The molecule has 0 saturated carbocycles. The van der Waals surface area contributed by atoms with Crippen LogP contribution in [0.1, 0.15) is 11.1 Å². The van der Waals surface area contributed by atoms with Crippen LogP contribution in [-0.4, -0.2) is 83.7 Å². The fraction of sp³-hybridized carbons (Fsp3) is 0.0588. The molecule has 0 aliphatic heterocycles. The normalized spacial score (nSPS) is 11.7. The molecule has 0 aliphatic carbocycles. The molecule has 0 aliphatic rings. The fourth-order valence-electron chi connectivity index (χ4n) is 5.19. The number of nitro groups is 2. The average Bonchev–Trinajstić information content (AvgIpc) is 3.10. The molecule has 2 N–H and O–H groups in total. The number of aryl methyl sites for hydroxylation is 2. The van der Waals surface area contributed by atoms with Gasteiger partial charge in [0, 0.05) is 35.0 Å². The maximum atomic E-state index is 11.6. The minimum Gasteiger partial charge on any atom is -0.744 e. The molecular weight excluding hydrogens is 789 g/mol. The third-order valence-electron chi connectivity index (χ3n) is 7.75. The second-order valence-electron chi connectivity index (χ2n) is 11.3. The van der Waals surface area contributed by atoms with Gasteiger partial charge in [-0.05, 0) is 72.1 Å². The molecular formula is C34H24CaN6O12S2. The van der Waals surface area contributed by atoms with Crippen LogP contribution in [0.4, 0.5) is 34.1 Å². The number of nitro benzene ring substituents is 2. The van der Waals surface area contributed by atoms with Gasteiger partial charge in [0.2, 0.25) is 0 Å². The summed E-state index contributed by atoms with van der Waals surface area (Å²) in [6.45, 7) is 3.19. The smallest absolute Gasteiger partial charge is 0.744 e. The van der Waals surface area contributed by atoms with Crippen molar-refractivity contribution in [3.63, 3.8) is 0 Å². The van der Waals surface area contributed by atoms with Crippen molar-refractivity contribution in [2.24, 2.45) is 20.5 Å². The van der Waals surface area contributed by atoms with E-state index in [1.807, 2.05) is 0 Å². The standard InChI is InChI=1S/2C17H13N3O6S.Ca/c2*1-10-9-12(20(22)23)6-7-13(10)18-19-17-14(21)8-5-11-3-2-4-15(16(11)17)27(24,25)26;/h2*2-9,21H,1H3,(H,24,25,26);/q;;+2/p-2. The molecule has 18 nitrogen and oxygen atoms in total. The fourth-order valence-corrected chi connectivity index (χ4v) is 6.61. The van der Waals surface area contributed by atoms with Gasteiger partial charge < -0.3 is 19.3 Å². The number of hydrogen-bond donors (Lipinski definition) is 2. The van der Waals surface area contributed by atoms with E-state index < -0.39 is 39.9 Å². The van der Waals surface area contributed by atoms with E-state index >= 15 is 0 Å². The molecule has 0 fully saturated rings. The van der Waals surface area contributed by atoms with E-state index in [1.54, 1.807) is 26.0 Å². The quantitative estimate of drug-likeness (QED) is 0.0489. The maximum Gasteiger partial charge on any atom is 2.00 e. The average molecular weight is 813 g/mol. The Morgan fingerprint density at radius 2 is 0.909 bits per heavy atom. The van der Waals surface area contributed by atoms with Crippen molar-refractivity contribution in [2.45, 2.75) is 23.6 Å². The van der Waals surface area contributed by atoms with Gasteiger partial charge in [0.15, 0.2) is 0 Å². The van der Waals surface area contributed by atoms with Crippen molar-refractivity contribution < 1.29 is 46.0 Å². The molecule has 0 spiro atoms. The van der Waals surface area contributed by atoms with E-state index in [9.17, 15) is 56.4 Å². The molecule has 6 aromatic rings. The van der Waals surface area contributed by atoms with Crippen molar-refractivity contribution in [1.29, 1.82) is 0 Å². The number of phenols is 2. The van der Waals surface area contributed by atoms with Crippen molar-refractivity contribution >= 4 is 114 Å². The van der Waals surface area contributed by atoms with Crippen LogP contribution < -0.4 is 0 Å². The Morgan fingerprint density at radius 1 is 0.545 bits per heavy atom. The first-order valence-electron chi connectivity index (χ1n) is 15.1. The molecule has 21 heteroatoms. The van der Waals surface area contributed by atoms with E-state index in [0.717, 1.165) is 12.1 Å². The molecule has 0 aromatic heterocycles. The van der Waals surface area contributed by atoms with E-state index in [-0.39, 0.29) is 82.8 Å². The number of phenolic OH excluding ortho intramolecular Hbond substituents is 2. The molecule has 6 aromatic carbocycles. The van der Waals surface area contributed by atoms with Gasteiger partial charge in [0.1, 0.15) is 43.1 Å². The monoisotopic (exact) mass is 812 g/mol. The molecule has 0 unspecified atom stereocenters. The van der Waals surface area contributed by atoms with E-state index in [1.165, 1.54) is 72.8 Å².